The van der Waals surface area contributed by atoms with Crippen LogP contribution >= 0.6 is 0 Å². The fourth-order valence-electron chi connectivity index (χ4n) is 11.9. The predicted octanol–water partition coefficient (Wildman–Crippen LogP) is 4.93. The number of imidazole rings is 1. The Hall–Kier alpha value is -8.50. The Kier molecular flexibility index (Phi) is 32.6. The van der Waals surface area contributed by atoms with Crippen LogP contribution in [0.2, 0.25) is 0 Å². The molecule has 0 saturated heterocycles. The van der Waals surface area contributed by atoms with Gasteiger partial charge >= 0.3 is 81.5 Å². The molecule has 3 saturated carbocycles. The number of nitrogens with zero attached hydrogens (tertiary/aromatic N) is 17. The Labute approximate surface area is 636 Å². The van der Waals surface area contributed by atoms with Crippen molar-refractivity contribution in [2.24, 2.45) is 38.9 Å². The Bertz CT molecular complexity index is 3730. The Balaban J connectivity index is 0.000000222. The second-order valence-corrected chi connectivity index (χ2v) is 25.5. The number of rotatable bonds is 23. The van der Waals surface area contributed by atoms with Crippen molar-refractivity contribution in [1.29, 1.82) is 0 Å². The maximum absolute atomic E-state index is 12.1. The average molecular weight is 1440 g/mol. The fraction of sp³-hybridized carbons (Fsp3) is 0.565. The zero-order valence-electron chi connectivity index (χ0n) is 60.9. The van der Waals surface area contributed by atoms with Crippen molar-refractivity contribution < 1.29 is 124 Å². The summed E-state index contributed by atoms with van der Waals surface area (Å²) in [6.45, 7) is 13.4. The summed E-state index contributed by atoms with van der Waals surface area (Å²) in [7, 11) is 10.4. The van der Waals surface area contributed by atoms with Gasteiger partial charge in [0.1, 0.15) is 65.3 Å². The maximum Gasteiger partial charge on any atom is 1.00 e. The van der Waals surface area contributed by atoms with Gasteiger partial charge in [0.2, 0.25) is 0 Å². The van der Waals surface area contributed by atoms with Crippen LogP contribution in [0.4, 0.5) is 14.4 Å². The van der Waals surface area contributed by atoms with Gasteiger partial charge < -0.3 is 63.6 Å². The summed E-state index contributed by atoms with van der Waals surface area (Å²) in [4.78, 5) is 91.6. The van der Waals surface area contributed by atoms with Gasteiger partial charge in [0, 0.05) is 86.2 Å². The van der Waals surface area contributed by atoms with Crippen LogP contribution in [-0.4, -0.2) is 195 Å². The first-order valence-corrected chi connectivity index (χ1v) is 34.2. The van der Waals surface area contributed by atoms with Crippen molar-refractivity contribution in [2.45, 2.75) is 176 Å². The summed E-state index contributed by atoms with van der Waals surface area (Å²) in [5.41, 5.74) is 7.33. The molecule has 0 spiro atoms. The maximum atomic E-state index is 12.1. The predicted molar refractivity (Wildman–Crippen MR) is 364 cm³/mol. The summed E-state index contributed by atoms with van der Waals surface area (Å²) in [5.74, 6) is -1.81. The SMILES string of the molecule is CCCN(C)C(=O)OCc1c(-c2ccc(O[C@H]3CCC[C@H](C(=O)O)C3)c(C)n2)nnn1C.CCCN(C)C(=O)OCc1c(-c2ccc(O[C@H]3CCC[C@H](C(=O)[O-])C3)c(C)n2)nnn1C.CCCN(C)C(=O)n1ccnc1.Cc1nc(-c2nnn(C)c2CO)ccc1O[C@H]1CCC[C@H](C(=O)O)C1.[K+]. The number of pyridine rings is 3. The molecule has 7 heterocycles. The van der Waals surface area contributed by atoms with Crippen molar-refractivity contribution in [1.82, 2.24) is 84.2 Å². The first-order chi connectivity index (χ1) is 48.3. The number of aliphatic carboxylic acids is 3. The molecule has 3 amide bonds. The number of amides is 3. The summed E-state index contributed by atoms with van der Waals surface area (Å²) in [6, 6.07) is 10.8. The number of hydrogen-bond donors (Lipinski definition) is 3. The van der Waals surface area contributed by atoms with Gasteiger partial charge in [-0.1, -0.05) is 36.4 Å². The van der Waals surface area contributed by atoms with Gasteiger partial charge in [0.25, 0.3) is 0 Å². The molecule has 33 heteroatoms. The van der Waals surface area contributed by atoms with E-state index >= 15 is 0 Å². The molecule has 7 aromatic rings. The van der Waals surface area contributed by atoms with Crippen LogP contribution in [0.15, 0.2) is 55.1 Å². The number of carboxylic acid groups (broad SMARTS) is 3. The molecule has 3 aliphatic carbocycles. The van der Waals surface area contributed by atoms with E-state index in [9.17, 15) is 49.2 Å². The van der Waals surface area contributed by atoms with Crippen molar-refractivity contribution in [3.8, 4) is 51.4 Å². The van der Waals surface area contributed by atoms with Crippen molar-refractivity contribution in [3.05, 3.63) is 89.3 Å². The number of aliphatic hydroxyl groups is 1. The molecule has 3 N–H and O–H groups in total. The standard InChI is InChI=1S/2C22H31N5O5.C17H22N4O4.C8H13N3O.K/c2*1-5-11-26(3)22(30)31-13-18-20(24-25-27(18)4)17-9-10-19(14(2)23-17)32-16-8-6-7-15(12-16)21(28)29;1-10-15(25-12-5-3-4-11(8-12)17(23)24)7-6-13(18-10)16-14(9-22)21(2)20-19-16;1-3-5-10(2)8(12)11-6-4-9-7-11;/h2*9-10,15-16H,5-8,11-13H2,1-4H3,(H,28,29);6-7,11-12,22H,3-5,8-9H2,1-2H3,(H,23,24);4,6-7H,3,5H2,1-2H3;/q;;;;+1/p-1/t2*15-,16-;11-,12-;;/m000../s1. The van der Waals surface area contributed by atoms with Crippen molar-refractivity contribution in [2.75, 3.05) is 40.8 Å². The minimum atomic E-state index is -1.01. The van der Waals surface area contributed by atoms with E-state index in [1.54, 1.807) is 93.2 Å². The van der Waals surface area contributed by atoms with E-state index < -0.39 is 36.0 Å². The molecule has 0 radical (unpaired) electrons. The van der Waals surface area contributed by atoms with Gasteiger partial charge in [-0.25, -0.2) is 48.4 Å². The van der Waals surface area contributed by atoms with Gasteiger partial charge in [0.05, 0.1) is 76.6 Å². The Morgan fingerprint density at radius 1 is 0.529 bits per heavy atom. The van der Waals surface area contributed by atoms with Crippen LogP contribution in [0.25, 0.3) is 34.2 Å². The first-order valence-electron chi connectivity index (χ1n) is 34.2. The molecule has 102 heavy (non-hydrogen) atoms. The number of aryl methyl sites for hydroxylation is 6. The Morgan fingerprint density at radius 3 is 1.22 bits per heavy atom. The zero-order chi connectivity index (χ0) is 73.4. The largest absolute Gasteiger partial charge is 1.00 e. The Morgan fingerprint density at radius 2 is 0.882 bits per heavy atom. The van der Waals surface area contributed by atoms with Gasteiger partial charge in [-0.3, -0.25) is 14.2 Å². The van der Waals surface area contributed by atoms with Gasteiger partial charge in [-0.15, -0.1) is 15.3 Å². The third-order valence-corrected chi connectivity index (χ3v) is 17.6. The van der Waals surface area contributed by atoms with Crippen LogP contribution in [0.1, 0.15) is 151 Å². The second-order valence-electron chi connectivity index (χ2n) is 25.5. The summed E-state index contributed by atoms with van der Waals surface area (Å²) < 4.78 is 35.1. The molecule has 0 aromatic carbocycles. The van der Waals surface area contributed by atoms with Crippen LogP contribution in [-0.2, 0) is 64.8 Å². The number of hydrogen-bond acceptors (Lipinski definition) is 23. The third-order valence-electron chi connectivity index (χ3n) is 17.6. The summed E-state index contributed by atoms with van der Waals surface area (Å²) in [5, 5.41) is 63.6. The first kappa shape index (κ1) is 82.5. The molecule has 7 aromatic heterocycles. The van der Waals surface area contributed by atoms with Gasteiger partial charge in [0.15, 0.2) is 0 Å². The molecule has 0 bridgehead atoms. The average Bonchev–Trinajstić information content (AvgIpc) is 1.66. The quantitative estimate of drug-likeness (QED) is 0.0714. The minimum absolute atomic E-state index is 0. The number of carboxylic acids is 3. The van der Waals surface area contributed by atoms with E-state index in [0.29, 0.717) is 137 Å². The van der Waals surface area contributed by atoms with Crippen LogP contribution in [0, 0.1) is 38.5 Å². The number of carbonyl (C=O) groups is 6. The third kappa shape index (κ3) is 23.3. The normalized spacial score (nSPS) is 17.6. The topological polar surface area (TPSA) is 391 Å². The van der Waals surface area contributed by atoms with Crippen molar-refractivity contribution in [3.63, 3.8) is 0 Å². The van der Waals surface area contributed by atoms with E-state index in [1.807, 2.05) is 53.7 Å². The monoisotopic (exact) mass is 1440 g/mol. The van der Waals surface area contributed by atoms with E-state index in [2.05, 4.69) is 50.9 Å². The molecule has 10 rings (SSSR count). The van der Waals surface area contributed by atoms with Crippen LogP contribution < -0.4 is 70.7 Å². The molecule has 0 aliphatic heterocycles. The number of ether oxygens (including phenoxy) is 5. The molecule has 6 atom stereocenters. The second kappa shape index (κ2) is 40.4. The molecular formula is C69H96KN17O15. The van der Waals surface area contributed by atoms with Crippen LogP contribution in [0.3, 0.4) is 0 Å². The van der Waals surface area contributed by atoms with Crippen molar-refractivity contribution >= 4 is 36.1 Å². The molecule has 0 unspecified atom stereocenters. The molecule has 548 valence electrons. The van der Waals surface area contributed by atoms with E-state index in [1.165, 1.54) is 25.4 Å². The molecular weight excluding hydrogens is 1350 g/mol. The molecule has 32 nitrogen and oxygen atoms in total. The molecule has 3 fully saturated rings. The van der Waals surface area contributed by atoms with E-state index in [4.69, 9.17) is 23.7 Å². The summed E-state index contributed by atoms with van der Waals surface area (Å²) >= 11 is 0. The number of carbonyl (C=O) groups excluding carboxylic acids is 4. The zero-order valence-corrected chi connectivity index (χ0v) is 64.0. The smallest absolute Gasteiger partial charge is 0.550 e. The summed E-state index contributed by atoms with van der Waals surface area (Å²) in [6.07, 6.45) is 14.6. The van der Waals surface area contributed by atoms with E-state index in [0.717, 1.165) is 64.3 Å². The minimum Gasteiger partial charge on any atom is -0.550 e. The van der Waals surface area contributed by atoms with Crippen LogP contribution in [0.5, 0.6) is 17.2 Å². The number of aromatic nitrogens is 14. The number of aliphatic hydroxyl groups excluding tert-OH is 1. The van der Waals surface area contributed by atoms with E-state index in [-0.39, 0.29) is 107 Å². The fourth-order valence-corrected chi connectivity index (χ4v) is 11.9. The van der Waals surface area contributed by atoms with Gasteiger partial charge in [-0.05, 0) is 153 Å². The molecule has 3 aliphatic rings. The van der Waals surface area contributed by atoms with Gasteiger partial charge in [-0.2, -0.15) is 0 Å².